The average molecular weight is 1030 g/mol. The lowest BCUT2D eigenvalue weighted by Gasteiger charge is -2.18. The molecule has 0 aliphatic heterocycles. The molecular formula is C68H112O6. The first-order valence-electron chi connectivity index (χ1n) is 30.5. The Labute approximate surface area is 456 Å². The third kappa shape index (κ3) is 58.7. The lowest BCUT2D eigenvalue weighted by molar-refractivity contribution is -0.167. The second-order valence-electron chi connectivity index (χ2n) is 19.9. The number of unbranched alkanes of at least 4 members (excludes halogenated alkanes) is 23. The van der Waals surface area contributed by atoms with Gasteiger partial charge in [-0.15, -0.1) is 0 Å². The number of allylic oxidation sites excluding steroid dienone is 20. The van der Waals surface area contributed by atoms with Crippen LogP contribution < -0.4 is 0 Å². The summed E-state index contributed by atoms with van der Waals surface area (Å²) in [6.07, 6.45) is 84.8. The van der Waals surface area contributed by atoms with Gasteiger partial charge in [0.05, 0.1) is 0 Å². The third-order valence-corrected chi connectivity index (χ3v) is 12.7. The first-order chi connectivity index (χ1) is 36.5. The van der Waals surface area contributed by atoms with Crippen LogP contribution in [-0.2, 0) is 28.6 Å². The standard InChI is InChI=1S/C68H112O6/c1-4-7-10-13-16-19-22-25-26-27-28-29-30-31-32-33-34-35-36-37-38-39-40-41-42-44-46-49-52-55-58-61-67(70)73-64-65(63-72-66(69)60-57-54-51-48-45-24-21-18-15-12-9-6-3)74-68(71)62-59-56-53-50-47-43-23-20-17-14-11-8-5-2/h7,10,16,18-21,23,25-26,28-29,31-32,34-35,37-38,40-41,65H,4-6,8-9,11-15,17,22,24,27,30,33,36,39,42-64H2,1-3H3/b10-7-,19-16-,21-18-,23-20-,26-25-,29-28-,32-31-,35-34-,38-37-,41-40-. The lowest BCUT2D eigenvalue weighted by atomic mass is 10.1. The summed E-state index contributed by atoms with van der Waals surface area (Å²) < 4.78 is 16.8. The molecule has 74 heavy (non-hydrogen) atoms. The topological polar surface area (TPSA) is 78.9 Å². The van der Waals surface area contributed by atoms with Crippen molar-refractivity contribution in [1.29, 1.82) is 0 Å². The zero-order valence-electron chi connectivity index (χ0n) is 48.1. The quantitative estimate of drug-likeness (QED) is 0.0261. The lowest BCUT2D eigenvalue weighted by Crippen LogP contribution is -2.30. The van der Waals surface area contributed by atoms with Gasteiger partial charge in [-0.1, -0.05) is 239 Å². The highest BCUT2D eigenvalue weighted by Crippen LogP contribution is 2.14. The highest BCUT2D eigenvalue weighted by atomic mass is 16.6. The zero-order valence-corrected chi connectivity index (χ0v) is 48.1. The van der Waals surface area contributed by atoms with Crippen LogP contribution in [0.5, 0.6) is 0 Å². The minimum Gasteiger partial charge on any atom is -0.462 e. The Morgan fingerprint density at radius 1 is 0.284 bits per heavy atom. The van der Waals surface area contributed by atoms with Crippen molar-refractivity contribution in [3.63, 3.8) is 0 Å². The molecule has 1 atom stereocenters. The molecule has 0 saturated carbocycles. The molecule has 0 aromatic rings. The first-order valence-corrected chi connectivity index (χ1v) is 30.5. The van der Waals surface area contributed by atoms with Crippen LogP contribution in [-0.4, -0.2) is 37.2 Å². The summed E-state index contributed by atoms with van der Waals surface area (Å²) in [4.78, 5) is 38.1. The van der Waals surface area contributed by atoms with Crippen LogP contribution in [0.3, 0.4) is 0 Å². The van der Waals surface area contributed by atoms with Gasteiger partial charge in [-0.3, -0.25) is 14.4 Å². The van der Waals surface area contributed by atoms with Crippen molar-refractivity contribution in [3.05, 3.63) is 122 Å². The predicted octanol–water partition coefficient (Wildman–Crippen LogP) is 20.8. The number of esters is 3. The Morgan fingerprint density at radius 3 is 0.865 bits per heavy atom. The number of hydrogen-bond acceptors (Lipinski definition) is 6. The van der Waals surface area contributed by atoms with E-state index in [2.05, 4.69) is 142 Å². The molecular weight excluding hydrogens is 913 g/mol. The van der Waals surface area contributed by atoms with Gasteiger partial charge in [-0.25, -0.2) is 0 Å². The SMILES string of the molecule is CC/C=C\C/C=C\C/C=C\C/C=C\C/C=C\C/C=C\C/C=C\C/C=C\CCCCCCCCC(=O)OCC(COC(=O)CCCCCCC/C=C\CCCCC)OC(=O)CCCCCCC/C=C\CCCCCC. The summed E-state index contributed by atoms with van der Waals surface area (Å²) in [6, 6.07) is 0. The molecule has 420 valence electrons. The molecule has 0 aliphatic rings. The first kappa shape index (κ1) is 69.8. The Morgan fingerprint density at radius 2 is 0.527 bits per heavy atom. The van der Waals surface area contributed by atoms with Crippen molar-refractivity contribution >= 4 is 17.9 Å². The molecule has 0 rings (SSSR count). The number of carbonyl (C=O) groups excluding carboxylic acids is 3. The molecule has 0 aliphatic carbocycles. The summed E-state index contributed by atoms with van der Waals surface area (Å²) in [7, 11) is 0. The fraction of sp³-hybridized carbons (Fsp3) is 0.662. The van der Waals surface area contributed by atoms with E-state index in [4.69, 9.17) is 14.2 Å². The normalized spacial score (nSPS) is 13.0. The van der Waals surface area contributed by atoms with E-state index in [1.807, 2.05) is 0 Å². The van der Waals surface area contributed by atoms with E-state index in [-0.39, 0.29) is 31.1 Å². The maximum Gasteiger partial charge on any atom is 0.306 e. The Hall–Kier alpha value is -4.19. The second kappa shape index (κ2) is 61.4. The van der Waals surface area contributed by atoms with E-state index in [0.29, 0.717) is 19.3 Å². The van der Waals surface area contributed by atoms with E-state index in [1.54, 1.807) is 0 Å². The molecule has 6 nitrogen and oxygen atoms in total. The summed E-state index contributed by atoms with van der Waals surface area (Å²) in [5, 5.41) is 0. The fourth-order valence-corrected chi connectivity index (χ4v) is 8.09. The summed E-state index contributed by atoms with van der Waals surface area (Å²) >= 11 is 0. The van der Waals surface area contributed by atoms with Crippen LogP contribution in [0.2, 0.25) is 0 Å². The van der Waals surface area contributed by atoms with Crippen LogP contribution in [0.25, 0.3) is 0 Å². The fourth-order valence-electron chi connectivity index (χ4n) is 8.09. The van der Waals surface area contributed by atoms with E-state index >= 15 is 0 Å². The van der Waals surface area contributed by atoms with Crippen molar-refractivity contribution in [3.8, 4) is 0 Å². The van der Waals surface area contributed by atoms with Gasteiger partial charge in [0, 0.05) is 19.3 Å². The van der Waals surface area contributed by atoms with Crippen LogP contribution in [0.15, 0.2) is 122 Å². The van der Waals surface area contributed by atoms with E-state index in [0.717, 1.165) is 141 Å². The maximum atomic E-state index is 12.8. The molecule has 0 fully saturated rings. The number of ether oxygens (including phenoxy) is 3. The predicted molar refractivity (Wildman–Crippen MR) is 320 cm³/mol. The smallest absolute Gasteiger partial charge is 0.306 e. The largest absolute Gasteiger partial charge is 0.462 e. The molecule has 1 unspecified atom stereocenters. The van der Waals surface area contributed by atoms with Crippen LogP contribution in [0, 0.1) is 0 Å². The van der Waals surface area contributed by atoms with Gasteiger partial charge >= 0.3 is 17.9 Å². The van der Waals surface area contributed by atoms with Crippen LogP contribution in [0.4, 0.5) is 0 Å². The molecule has 0 spiro atoms. The maximum absolute atomic E-state index is 12.8. The van der Waals surface area contributed by atoms with Crippen molar-refractivity contribution in [2.75, 3.05) is 13.2 Å². The molecule has 0 aromatic heterocycles. The molecule has 0 amide bonds. The molecule has 0 aromatic carbocycles. The van der Waals surface area contributed by atoms with Crippen LogP contribution >= 0.6 is 0 Å². The highest BCUT2D eigenvalue weighted by Gasteiger charge is 2.19. The van der Waals surface area contributed by atoms with Gasteiger partial charge < -0.3 is 14.2 Å². The van der Waals surface area contributed by atoms with E-state index in [9.17, 15) is 14.4 Å². The Balaban J connectivity index is 4.29. The molecule has 0 heterocycles. The second-order valence-corrected chi connectivity index (χ2v) is 19.9. The molecule has 6 heteroatoms. The number of carbonyl (C=O) groups is 3. The highest BCUT2D eigenvalue weighted by molar-refractivity contribution is 5.71. The van der Waals surface area contributed by atoms with Crippen molar-refractivity contribution < 1.29 is 28.6 Å². The van der Waals surface area contributed by atoms with Crippen molar-refractivity contribution in [2.24, 2.45) is 0 Å². The summed E-state index contributed by atoms with van der Waals surface area (Å²) in [6.45, 7) is 6.46. The van der Waals surface area contributed by atoms with Gasteiger partial charge in [-0.2, -0.15) is 0 Å². The minimum atomic E-state index is -0.794. The van der Waals surface area contributed by atoms with Gasteiger partial charge in [0.15, 0.2) is 6.10 Å². The number of rotatable bonds is 54. The van der Waals surface area contributed by atoms with E-state index in [1.165, 1.54) is 89.9 Å². The van der Waals surface area contributed by atoms with Gasteiger partial charge in [0.25, 0.3) is 0 Å². The van der Waals surface area contributed by atoms with Gasteiger partial charge in [-0.05, 0) is 135 Å². The number of hydrogen-bond donors (Lipinski definition) is 0. The third-order valence-electron chi connectivity index (χ3n) is 12.7. The van der Waals surface area contributed by atoms with Crippen molar-refractivity contribution in [2.45, 2.75) is 277 Å². The Bertz CT molecular complexity index is 1550. The summed E-state index contributed by atoms with van der Waals surface area (Å²) in [5.74, 6) is -0.925. The van der Waals surface area contributed by atoms with Crippen molar-refractivity contribution in [1.82, 2.24) is 0 Å². The minimum absolute atomic E-state index is 0.0917. The van der Waals surface area contributed by atoms with Gasteiger partial charge in [0.1, 0.15) is 13.2 Å². The Kier molecular flexibility index (Phi) is 57.9. The zero-order chi connectivity index (χ0) is 53.6. The molecule has 0 saturated heterocycles. The van der Waals surface area contributed by atoms with Gasteiger partial charge in [0.2, 0.25) is 0 Å². The van der Waals surface area contributed by atoms with Crippen LogP contribution in [0.1, 0.15) is 271 Å². The average Bonchev–Trinajstić information content (AvgIpc) is 3.40. The molecule has 0 radical (unpaired) electrons. The summed E-state index contributed by atoms with van der Waals surface area (Å²) in [5.41, 5.74) is 0. The van der Waals surface area contributed by atoms with E-state index < -0.39 is 6.10 Å². The molecule has 0 N–H and O–H groups in total. The monoisotopic (exact) mass is 1020 g/mol. The molecule has 0 bridgehead atoms.